The summed E-state index contributed by atoms with van der Waals surface area (Å²) in [6, 6.07) is 17.0. The van der Waals surface area contributed by atoms with Crippen molar-refractivity contribution < 1.29 is 26.5 Å². The predicted octanol–water partition coefficient (Wildman–Crippen LogP) is 8.84. The third kappa shape index (κ3) is 7.20. The number of ether oxygens (including phenoxy) is 1. The Balaban J connectivity index is 1.87. The van der Waals surface area contributed by atoms with Gasteiger partial charge in [-0.05, 0) is 79.9 Å². The maximum atomic E-state index is 14.4. The Morgan fingerprint density at radius 1 is 0.878 bits per heavy atom. The van der Waals surface area contributed by atoms with Crippen LogP contribution < -0.4 is 14.2 Å². The van der Waals surface area contributed by atoms with E-state index in [4.69, 9.17) is 10.5 Å². The lowest BCUT2D eigenvalue weighted by Gasteiger charge is -2.25. The number of pyridine rings is 1. The molecule has 216 valence electrons. The van der Waals surface area contributed by atoms with E-state index in [0.717, 1.165) is 25.8 Å². The van der Waals surface area contributed by atoms with E-state index in [0.29, 0.717) is 33.0 Å². The van der Waals surface area contributed by atoms with Crippen molar-refractivity contribution in [2.75, 3.05) is 9.44 Å². The minimum absolute atomic E-state index is 0.0587. The Morgan fingerprint density at radius 2 is 1.51 bits per heavy atom. The van der Waals surface area contributed by atoms with Gasteiger partial charge in [-0.3, -0.25) is 0 Å². The molecular formula is C30H29F4N3O2S2. The van der Waals surface area contributed by atoms with E-state index in [1.807, 2.05) is 0 Å². The molecule has 1 unspecified atom stereocenters. The number of aryl methyl sites for hydroxylation is 3. The number of anilines is 2. The Bertz CT molecular complexity index is 1600. The van der Waals surface area contributed by atoms with Gasteiger partial charge in [0.2, 0.25) is 5.88 Å². The second kappa shape index (κ2) is 11.7. The summed E-state index contributed by atoms with van der Waals surface area (Å²) < 4.78 is 79.0. The van der Waals surface area contributed by atoms with E-state index in [9.17, 15) is 21.8 Å². The van der Waals surface area contributed by atoms with E-state index in [1.54, 1.807) is 69.4 Å². The van der Waals surface area contributed by atoms with Crippen LogP contribution in [0.1, 0.15) is 41.7 Å². The molecular weight excluding hydrogens is 574 g/mol. The summed E-state index contributed by atoms with van der Waals surface area (Å²) in [7, 11) is -2.11. The van der Waals surface area contributed by atoms with Crippen LogP contribution in [0.2, 0.25) is 0 Å². The molecule has 0 spiro atoms. The van der Waals surface area contributed by atoms with Crippen LogP contribution in [-0.2, 0) is 22.8 Å². The molecule has 3 aromatic carbocycles. The summed E-state index contributed by atoms with van der Waals surface area (Å²) in [5.41, 5.74) is 7.56. The average molecular weight is 604 g/mol. The van der Waals surface area contributed by atoms with Gasteiger partial charge >= 0.3 is 0 Å². The molecule has 0 saturated carbocycles. The minimum Gasteiger partial charge on any atom is -0.437 e. The van der Waals surface area contributed by atoms with Gasteiger partial charge < -0.3 is 10.5 Å². The van der Waals surface area contributed by atoms with Crippen molar-refractivity contribution in [2.45, 2.75) is 56.3 Å². The van der Waals surface area contributed by atoms with E-state index >= 15 is 0 Å². The number of benzene rings is 3. The Morgan fingerprint density at radius 3 is 2.15 bits per heavy atom. The first-order chi connectivity index (χ1) is 19.1. The summed E-state index contributed by atoms with van der Waals surface area (Å²) in [5, 5.41) is 0. The second-order valence-corrected chi connectivity index (χ2v) is 12.4. The lowest BCUT2D eigenvalue weighted by atomic mass is 10.0. The van der Waals surface area contributed by atoms with Crippen LogP contribution in [0.15, 0.2) is 82.7 Å². The highest BCUT2D eigenvalue weighted by Gasteiger charge is 2.31. The molecule has 0 bridgehead atoms. The van der Waals surface area contributed by atoms with Gasteiger partial charge in [-0.2, -0.15) is 0 Å². The van der Waals surface area contributed by atoms with Gasteiger partial charge in [-0.1, -0.05) is 18.2 Å². The number of hydrogen-bond donors (Lipinski definition) is 1. The largest absolute Gasteiger partial charge is 0.437 e. The molecule has 0 aliphatic heterocycles. The van der Waals surface area contributed by atoms with Gasteiger partial charge in [0.25, 0.3) is 11.8 Å². The zero-order chi connectivity index (χ0) is 30.1. The molecule has 0 saturated heterocycles. The van der Waals surface area contributed by atoms with Gasteiger partial charge in [0.15, 0.2) is 11.0 Å². The summed E-state index contributed by atoms with van der Waals surface area (Å²) in [5.74, 6) is -5.86. The smallest absolute Gasteiger partial charge is 0.270 e. The summed E-state index contributed by atoms with van der Waals surface area (Å²) >= 11 is 0.906. The Hall–Kier alpha value is -3.57. The molecule has 11 heteroatoms. The van der Waals surface area contributed by atoms with E-state index < -0.39 is 22.8 Å². The molecule has 0 amide bonds. The van der Waals surface area contributed by atoms with E-state index in [-0.39, 0.29) is 27.6 Å². The predicted molar refractivity (Wildman–Crippen MR) is 156 cm³/mol. The van der Waals surface area contributed by atoms with Crippen LogP contribution in [0.3, 0.4) is 0 Å². The second-order valence-electron chi connectivity index (χ2n) is 9.84. The lowest BCUT2D eigenvalue weighted by Crippen LogP contribution is -2.20. The molecule has 1 aromatic heterocycles. The number of nitrogen functional groups attached to an aromatic ring is 1. The maximum Gasteiger partial charge on any atom is 0.270 e. The van der Waals surface area contributed by atoms with Crippen molar-refractivity contribution in [3.8, 4) is 11.6 Å². The van der Waals surface area contributed by atoms with Crippen LogP contribution in [0.5, 0.6) is 11.6 Å². The fraction of sp³-hybridized carbons (Fsp3) is 0.233. The molecule has 0 aliphatic carbocycles. The molecule has 0 radical (unpaired) electrons. The van der Waals surface area contributed by atoms with Crippen molar-refractivity contribution in [1.82, 2.24) is 4.98 Å². The minimum atomic E-state index is -3.17. The number of nitrogens with two attached hydrogens (primary N) is 1. The quantitative estimate of drug-likeness (QED) is 0.118. The highest BCUT2D eigenvalue weighted by Crippen LogP contribution is 2.42. The van der Waals surface area contributed by atoms with Gasteiger partial charge in [0, 0.05) is 59.8 Å². The summed E-state index contributed by atoms with van der Waals surface area (Å²) in [6.45, 7) is 6.48. The number of nitrogens with zero attached hydrogens (tertiary/aromatic N) is 2. The van der Waals surface area contributed by atoms with Gasteiger partial charge in [0.1, 0.15) is 11.4 Å². The fourth-order valence-corrected chi connectivity index (χ4v) is 6.53. The van der Waals surface area contributed by atoms with Crippen LogP contribution >= 0.6 is 11.9 Å². The van der Waals surface area contributed by atoms with E-state index in [2.05, 4.69) is 4.98 Å². The van der Waals surface area contributed by atoms with Crippen molar-refractivity contribution in [2.24, 2.45) is 0 Å². The molecule has 5 nitrogen and oxygen atoms in total. The highest BCUT2D eigenvalue weighted by atomic mass is 32.2. The highest BCUT2D eigenvalue weighted by molar-refractivity contribution is 8.12. The Kier molecular flexibility index (Phi) is 8.70. The van der Waals surface area contributed by atoms with Crippen molar-refractivity contribution in [3.05, 3.63) is 101 Å². The molecule has 0 fully saturated rings. The fourth-order valence-electron chi connectivity index (χ4n) is 4.12. The average Bonchev–Trinajstić information content (AvgIpc) is 2.88. The molecule has 2 N–H and O–H groups in total. The van der Waals surface area contributed by atoms with Gasteiger partial charge in [-0.25, -0.2) is 30.5 Å². The molecule has 1 heterocycles. The molecule has 41 heavy (non-hydrogen) atoms. The van der Waals surface area contributed by atoms with Crippen molar-refractivity contribution in [1.29, 1.82) is 0 Å². The van der Waals surface area contributed by atoms with E-state index in [1.165, 1.54) is 28.0 Å². The Labute approximate surface area is 243 Å². The topological polar surface area (TPSA) is 68.5 Å². The normalized spacial score (nSPS) is 12.7. The number of hydrogen-bond acceptors (Lipinski definition) is 5. The van der Waals surface area contributed by atoms with Crippen LogP contribution in [0.4, 0.5) is 28.9 Å². The zero-order valence-electron chi connectivity index (χ0n) is 23.0. The van der Waals surface area contributed by atoms with Crippen LogP contribution in [-0.4, -0.2) is 9.19 Å². The summed E-state index contributed by atoms with van der Waals surface area (Å²) in [6.07, 6.45) is 1.56. The number of halogens is 4. The molecule has 1 atom stereocenters. The van der Waals surface area contributed by atoms with Crippen LogP contribution in [0, 0.1) is 20.8 Å². The standard InChI is InChI=1S/C30H29F4N3O2S2/c1-18-13-27(28(36-17-18)39-22-8-6-7-21(35)14-22)37(40-23-11-9-19(2)25(15-23)29(4,31)32)41(38)24-12-10-20(3)26(16-24)30(5,33)34/h6-17H,35H2,1-5H3. The first kappa shape index (κ1) is 30.4. The van der Waals surface area contributed by atoms with Gasteiger partial charge in [-0.15, -0.1) is 0 Å². The van der Waals surface area contributed by atoms with Gasteiger partial charge in [0.05, 0.1) is 4.90 Å². The SMILES string of the molecule is Cc1cnc(Oc2cccc(N)c2)c(N(Sc2ccc(C)c(C(C)(F)F)c2)S(=O)c2ccc(C)c(C(C)(F)F)c2)c1. The molecule has 4 rings (SSSR count). The maximum absolute atomic E-state index is 14.4. The third-order valence-corrected chi connectivity index (χ3v) is 8.75. The monoisotopic (exact) mass is 603 g/mol. The lowest BCUT2D eigenvalue weighted by molar-refractivity contribution is 0.0159. The number of rotatable bonds is 9. The van der Waals surface area contributed by atoms with Crippen molar-refractivity contribution in [3.63, 3.8) is 0 Å². The summed E-state index contributed by atoms with van der Waals surface area (Å²) in [4.78, 5) is 4.83. The first-order valence-corrected chi connectivity index (χ1v) is 14.4. The van der Waals surface area contributed by atoms with Crippen molar-refractivity contribution >= 4 is 34.3 Å². The molecule has 0 aliphatic rings. The third-order valence-electron chi connectivity index (χ3n) is 6.14. The zero-order valence-corrected chi connectivity index (χ0v) is 24.7. The van der Waals surface area contributed by atoms with Crippen LogP contribution in [0.25, 0.3) is 0 Å². The number of alkyl halides is 4. The molecule has 4 aromatic rings. The number of aromatic nitrogens is 1. The first-order valence-electron chi connectivity index (χ1n) is 12.5.